The number of alkyl halides is 5. The fraction of sp³-hybridized carbons (Fsp3) is 0.310. The number of halogens is 7. The lowest BCUT2D eigenvalue weighted by atomic mass is 9.77. The van der Waals surface area contributed by atoms with Crippen LogP contribution < -0.4 is 15.4 Å². The van der Waals surface area contributed by atoms with E-state index < -0.39 is 58.3 Å². The molecule has 42 heavy (non-hydrogen) atoms. The van der Waals surface area contributed by atoms with Crippen LogP contribution in [-0.2, 0) is 22.9 Å². The number of carboxylic acid groups (broad SMARTS) is 1. The van der Waals surface area contributed by atoms with Crippen LogP contribution in [-0.4, -0.2) is 29.3 Å². The number of aliphatic carboxylic acids is 1. The number of carboxylic acids is 1. The van der Waals surface area contributed by atoms with E-state index in [9.17, 15) is 40.3 Å². The van der Waals surface area contributed by atoms with Gasteiger partial charge in [-0.05, 0) is 59.9 Å². The fourth-order valence-corrected chi connectivity index (χ4v) is 4.98. The van der Waals surface area contributed by atoms with Crippen molar-refractivity contribution < 1.29 is 50.2 Å². The third-order valence-corrected chi connectivity index (χ3v) is 6.96. The molecule has 0 radical (unpaired) electrons. The van der Waals surface area contributed by atoms with Crippen LogP contribution in [0.5, 0.6) is 5.75 Å². The van der Waals surface area contributed by atoms with Crippen molar-refractivity contribution in [3.05, 3.63) is 101 Å². The molecular formula is C29H25F7N2O4. The van der Waals surface area contributed by atoms with E-state index >= 15 is 0 Å². The summed E-state index contributed by atoms with van der Waals surface area (Å²) < 4.78 is 103. The Hall–Kier alpha value is -4.29. The number of urea groups is 1. The second-order valence-electron chi connectivity index (χ2n) is 9.94. The molecule has 0 spiro atoms. The Kier molecular flexibility index (Phi) is 8.69. The number of hydrogen-bond donors (Lipinski definition) is 3. The zero-order valence-corrected chi connectivity index (χ0v) is 21.8. The average Bonchev–Trinajstić information content (AvgIpc) is 3.42. The van der Waals surface area contributed by atoms with E-state index in [0.29, 0.717) is 36.6 Å². The standard InChI is InChI=1S/C29H25F7N2O4/c30-21-13-19(12-20(14-21)28(32,33)34)27(16-17-6-2-1-3-7-17,38-26(41)37-22-8-4-5-9-22)18-10-11-23(31)24(15-18)42-29(35,36)25(39)40/h1-3,6-7,10-15,22H,4-5,8-9,16H2,(H,39,40)(H2,37,38,41)/t27-/m1/s1. The van der Waals surface area contributed by atoms with Crippen molar-refractivity contribution in [3.63, 3.8) is 0 Å². The fourth-order valence-electron chi connectivity index (χ4n) is 4.98. The molecule has 0 bridgehead atoms. The highest BCUT2D eigenvalue weighted by atomic mass is 19.4. The SMILES string of the molecule is O=C(NC1CCCC1)N[C@@](Cc1ccccc1)(c1cc(F)cc(C(F)(F)F)c1)c1ccc(F)c(OC(F)(F)C(=O)O)c1. The molecule has 1 saturated carbocycles. The van der Waals surface area contributed by atoms with Gasteiger partial charge in [-0.25, -0.2) is 18.4 Å². The van der Waals surface area contributed by atoms with Crippen molar-refractivity contribution >= 4 is 12.0 Å². The van der Waals surface area contributed by atoms with Crippen LogP contribution in [0.2, 0.25) is 0 Å². The summed E-state index contributed by atoms with van der Waals surface area (Å²) in [6, 6.07) is 10.7. The number of rotatable bonds is 9. The Balaban J connectivity index is 1.96. The second-order valence-corrected chi connectivity index (χ2v) is 9.94. The van der Waals surface area contributed by atoms with Gasteiger partial charge < -0.3 is 20.5 Å². The predicted octanol–water partition coefficient (Wildman–Crippen LogP) is 6.77. The first-order valence-corrected chi connectivity index (χ1v) is 12.8. The van der Waals surface area contributed by atoms with Crippen molar-refractivity contribution in [1.82, 2.24) is 10.6 Å². The summed E-state index contributed by atoms with van der Waals surface area (Å²) >= 11 is 0. The minimum atomic E-state index is -5.01. The number of amides is 2. The lowest BCUT2D eigenvalue weighted by molar-refractivity contribution is -0.211. The van der Waals surface area contributed by atoms with Crippen molar-refractivity contribution in [1.29, 1.82) is 0 Å². The van der Waals surface area contributed by atoms with Gasteiger partial charge in [0.05, 0.1) is 11.1 Å². The zero-order chi connectivity index (χ0) is 30.7. The van der Waals surface area contributed by atoms with Crippen LogP contribution in [0.15, 0.2) is 66.7 Å². The van der Waals surface area contributed by atoms with Crippen molar-refractivity contribution in [2.24, 2.45) is 0 Å². The van der Waals surface area contributed by atoms with Gasteiger partial charge in [-0.15, -0.1) is 0 Å². The van der Waals surface area contributed by atoms with Crippen LogP contribution in [0.4, 0.5) is 35.5 Å². The molecule has 1 aliphatic rings. The van der Waals surface area contributed by atoms with Gasteiger partial charge >= 0.3 is 24.3 Å². The second kappa shape index (κ2) is 11.9. The lowest BCUT2D eigenvalue weighted by Crippen LogP contribution is -2.53. The molecule has 3 aromatic carbocycles. The van der Waals surface area contributed by atoms with Crippen molar-refractivity contribution in [2.75, 3.05) is 0 Å². The van der Waals surface area contributed by atoms with Crippen LogP contribution in [0, 0.1) is 11.6 Å². The van der Waals surface area contributed by atoms with Crippen LogP contribution in [0.3, 0.4) is 0 Å². The molecule has 3 N–H and O–H groups in total. The van der Waals surface area contributed by atoms with Gasteiger partial charge in [0.1, 0.15) is 5.82 Å². The first-order valence-electron chi connectivity index (χ1n) is 12.8. The first kappa shape index (κ1) is 30.7. The minimum absolute atomic E-state index is 0.252. The molecule has 224 valence electrons. The summed E-state index contributed by atoms with van der Waals surface area (Å²) in [4.78, 5) is 24.3. The molecule has 1 atom stereocenters. The number of hydrogen-bond acceptors (Lipinski definition) is 3. The Morgan fingerprint density at radius 3 is 2.12 bits per heavy atom. The molecule has 3 aromatic rings. The highest BCUT2D eigenvalue weighted by Crippen LogP contribution is 2.40. The maximum absolute atomic E-state index is 14.8. The van der Waals surface area contributed by atoms with Crippen LogP contribution in [0.25, 0.3) is 0 Å². The largest absolute Gasteiger partial charge is 0.502 e. The van der Waals surface area contributed by atoms with E-state index in [0.717, 1.165) is 25.0 Å². The van der Waals surface area contributed by atoms with Gasteiger partial charge in [-0.2, -0.15) is 22.0 Å². The lowest BCUT2D eigenvalue weighted by Gasteiger charge is -2.37. The summed E-state index contributed by atoms with van der Waals surface area (Å²) in [7, 11) is 0. The van der Waals surface area contributed by atoms with Crippen LogP contribution in [0.1, 0.15) is 47.9 Å². The molecule has 0 saturated heterocycles. The topological polar surface area (TPSA) is 87.7 Å². The molecule has 0 heterocycles. The van der Waals surface area contributed by atoms with Gasteiger partial charge in [-0.1, -0.05) is 49.2 Å². The number of nitrogens with one attached hydrogen (secondary N) is 2. The molecule has 4 rings (SSSR count). The quantitative estimate of drug-likeness (QED) is 0.238. The number of ether oxygens (including phenoxy) is 1. The van der Waals surface area contributed by atoms with E-state index in [1.807, 2.05) is 0 Å². The number of benzene rings is 3. The minimum Gasteiger partial charge on any atom is -0.474 e. The predicted molar refractivity (Wildman–Crippen MR) is 136 cm³/mol. The van der Waals surface area contributed by atoms with E-state index in [4.69, 9.17) is 5.11 Å². The molecule has 2 amide bonds. The molecule has 0 aliphatic heterocycles. The monoisotopic (exact) mass is 598 g/mol. The third kappa shape index (κ3) is 6.94. The van der Waals surface area contributed by atoms with Gasteiger partial charge in [0, 0.05) is 12.5 Å². The Morgan fingerprint density at radius 1 is 0.857 bits per heavy atom. The molecule has 13 heteroatoms. The Morgan fingerprint density at radius 2 is 1.50 bits per heavy atom. The summed E-state index contributed by atoms with van der Waals surface area (Å²) in [6.07, 6.45) is -7.32. The van der Waals surface area contributed by atoms with E-state index in [1.54, 1.807) is 30.3 Å². The molecule has 0 aromatic heterocycles. The summed E-state index contributed by atoms with van der Waals surface area (Å²) in [6.45, 7) is 0. The number of carbonyl (C=O) groups is 2. The van der Waals surface area contributed by atoms with Crippen LogP contribution >= 0.6 is 0 Å². The Bertz CT molecular complexity index is 1440. The highest BCUT2D eigenvalue weighted by molar-refractivity contribution is 5.77. The molecule has 0 unspecified atom stereocenters. The van der Waals surface area contributed by atoms with E-state index in [-0.39, 0.29) is 24.1 Å². The zero-order valence-electron chi connectivity index (χ0n) is 21.8. The summed E-state index contributed by atoms with van der Waals surface area (Å²) in [5, 5.41) is 14.1. The first-order chi connectivity index (χ1) is 19.7. The van der Waals surface area contributed by atoms with E-state index in [1.165, 1.54) is 0 Å². The molecule has 1 fully saturated rings. The average molecular weight is 599 g/mol. The van der Waals surface area contributed by atoms with Crippen molar-refractivity contribution in [3.8, 4) is 5.75 Å². The molecule has 1 aliphatic carbocycles. The van der Waals surface area contributed by atoms with Gasteiger partial charge in [0.2, 0.25) is 0 Å². The van der Waals surface area contributed by atoms with Gasteiger partial charge in [0.25, 0.3) is 0 Å². The summed E-state index contributed by atoms with van der Waals surface area (Å²) in [5.74, 6) is -6.72. The van der Waals surface area contributed by atoms with Gasteiger partial charge in [0.15, 0.2) is 11.6 Å². The maximum Gasteiger partial charge on any atom is 0.502 e. The van der Waals surface area contributed by atoms with Crippen molar-refractivity contribution in [2.45, 2.75) is 56.0 Å². The smallest absolute Gasteiger partial charge is 0.474 e. The highest BCUT2D eigenvalue weighted by Gasteiger charge is 2.45. The molecular weight excluding hydrogens is 573 g/mol. The maximum atomic E-state index is 14.8. The third-order valence-electron chi connectivity index (χ3n) is 6.96. The molecule has 6 nitrogen and oxygen atoms in total. The van der Waals surface area contributed by atoms with Gasteiger partial charge in [-0.3, -0.25) is 0 Å². The Labute approximate surface area is 235 Å². The summed E-state index contributed by atoms with van der Waals surface area (Å²) in [5.41, 5.74) is -3.84. The van der Waals surface area contributed by atoms with E-state index in [2.05, 4.69) is 15.4 Å². The number of carbonyl (C=O) groups excluding carboxylic acids is 1. The normalized spacial score (nSPS) is 15.6.